The summed E-state index contributed by atoms with van der Waals surface area (Å²) >= 11 is 0. The predicted octanol–water partition coefficient (Wildman–Crippen LogP) is 3.05. The summed E-state index contributed by atoms with van der Waals surface area (Å²) in [4.78, 5) is 5.22. The molecule has 1 saturated heterocycles. The fourth-order valence-corrected chi connectivity index (χ4v) is 3.28. The topological polar surface area (TPSA) is 15.7 Å². The second kappa shape index (κ2) is 9.29. The normalized spacial score (nSPS) is 21.9. The Balaban J connectivity index is 1.72. The van der Waals surface area contributed by atoms with Crippen molar-refractivity contribution in [3.8, 4) is 0 Å². The maximum absolute atomic E-state index is 5.49. The fourth-order valence-electron chi connectivity index (χ4n) is 3.28. The first-order valence-corrected chi connectivity index (χ1v) is 8.80. The van der Waals surface area contributed by atoms with E-state index in [1.165, 1.54) is 38.0 Å². The highest BCUT2D eigenvalue weighted by Gasteiger charge is 2.25. The van der Waals surface area contributed by atoms with Crippen LogP contribution in [0.3, 0.4) is 0 Å². The van der Waals surface area contributed by atoms with E-state index in [1.54, 1.807) is 0 Å². The Morgan fingerprint density at radius 3 is 2.68 bits per heavy atom. The van der Waals surface area contributed by atoms with Crippen LogP contribution in [0.1, 0.15) is 32.8 Å². The quantitative estimate of drug-likeness (QED) is 0.687. The average molecular weight is 304 g/mol. The number of nitrogens with zero attached hydrogens (tertiary/aromatic N) is 2. The Hall–Kier alpha value is -0.900. The van der Waals surface area contributed by atoms with Crippen LogP contribution in [0, 0.1) is 0 Å². The van der Waals surface area contributed by atoms with E-state index < -0.39 is 0 Å². The Bertz CT molecular complexity index is 409. The van der Waals surface area contributed by atoms with Gasteiger partial charge in [-0.1, -0.05) is 30.3 Å². The predicted molar refractivity (Wildman–Crippen MR) is 93.3 cm³/mol. The largest absolute Gasteiger partial charge is 0.380 e. The summed E-state index contributed by atoms with van der Waals surface area (Å²) in [5.41, 5.74) is 1.46. The zero-order valence-corrected chi connectivity index (χ0v) is 14.5. The lowest BCUT2D eigenvalue weighted by molar-refractivity contribution is 0.0338. The number of aryl methyl sites for hydroxylation is 1. The number of ether oxygens (including phenoxy) is 1. The van der Waals surface area contributed by atoms with Crippen molar-refractivity contribution < 1.29 is 4.74 Å². The molecule has 2 atom stereocenters. The van der Waals surface area contributed by atoms with Gasteiger partial charge in [-0.2, -0.15) is 0 Å². The number of rotatable bonds is 8. The van der Waals surface area contributed by atoms with Gasteiger partial charge in [-0.25, -0.2) is 0 Å². The molecule has 1 aromatic carbocycles. The van der Waals surface area contributed by atoms with Crippen LogP contribution in [0.4, 0.5) is 0 Å². The molecular formula is C19H32N2O. The van der Waals surface area contributed by atoms with Crippen molar-refractivity contribution in [2.45, 2.75) is 45.7 Å². The zero-order valence-electron chi connectivity index (χ0n) is 14.5. The van der Waals surface area contributed by atoms with E-state index in [0.29, 0.717) is 12.1 Å². The molecule has 22 heavy (non-hydrogen) atoms. The van der Waals surface area contributed by atoms with Crippen LogP contribution in [0.25, 0.3) is 0 Å². The fraction of sp³-hybridized carbons (Fsp3) is 0.684. The van der Waals surface area contributed by atoms with Crippen molar-refractivity contribution in [2.75, 3.05) is 39.4 Å². The first kappa shape index (κ1) is 17.5. The molecule has 2 rings (SSSR count). The minimum absolute atomic E-state index is 0.633. The Labute approximate surface area is 136 Å². The zero-order chi connectivity index (χ0) is 15.8. The molecule has 0 spiro atoms. The average Bonchev–Trinajstić information content (AvgIpc) is 2.55. The highest BCUT2D eigenvalue weighted by molar-refractivity contribution is 5.14. The first-order chi connectivity index (χ1) is 10.7. The summed E-state index contributed by atoms with van der Waals surface area (Å²) in [5.74, 6) is 0. The van der Waals surface area contributed by atoms with Crippen LogP contribution >= 0.6 is 0 Å². The molecule has 0 N–H and O–H groups in total. The molecule has 1 aliphatic rings. The second-order valence-corrected chi connectivity index (χ2v) is 6.45. The third kappa shape index (κ3) is 5.38. The summed E-state index contributed by atoms with van der Waals surface area (Å²) in [6, 6.07) is 12.1. The molecule has 0 aromatic heterocycles. The van der Waals surface area contributed by atoms with Crippen molar-refractivity contribution in [1.29, 1.82) is 0 Å². The molecule has 3 heteroatoms. The molecular weight excluding hydrogens is 272 g/mol. The van der Waals surface area contributed by atoms with Gasteiger partial charge in [-0.15, -0.1) is 0 Å². The van der Waals surface area contributed by atoms with Crippen LogP contribution in [-0.4, -0.2) is 61.3 Å². The summed E-state index contributed by atoms with van der Waals surface area (Å²) in [7, 11) is 0. The van der Waals surface area contributed by atoms with Crippen molar-refractivity contribution in [3.05, 3.63) is 35.9 Å². The van der Waals surface area contributed by atoms with E-state index in [4.69, 9.17) is 4.74 Å². The second-order valence-electron chi connectivity index (χ2n) is 6.45. The number of piperazine rings is 1. The molecule has 3 nitrogen and oxygen atoms in total. The van der Waals surface area contributed by atoms with Gasteiger partial charge in [0, 0.05) is 44.9 Å². The lowest BCUT2D eigenvalue weighted by atomic mass is 10.0. The Morgan fingerprint density at radius 1 is 1.23 bits per heavy atom. The van der Waals surface area contributed by atoms with Crippen molar-refractivity contribution in [2.24, 2.45) is 0 Å². The third-order valence-electron chi connectivity index (χ3n) is 4.84. The van der Waals surface area contributed by atoms with Crippen molar-refractivity contribution in [1.82, 2.24) is 9.80 Å². The van der Waals surface area contributed by atoms with E-state index in [2.05, 4.69) is 60.9 Å². The monoisotopic (exact) mass is 304 g/mol. The van der Waals surface area contributed by atoms with E-state index in [1.807, 2.05) is 0 Å². The number of hydrogen-bond donors (Lipinski definition) is 0. The van der Waals surface area contributed by atoms with Gasteiger partial charge in [0.25, 0.3) is 0 Å². The lowest BCUT2D eigenvalue weighted by Crippen LogP contribution is -2.54. The molecule has 1 aliphatic heterocycles. The van der Waals surface area contributed by atoms with Crippen LogP contribution < -0.4 is 0 Å². The van der Waals surface area contributed by atoms with Crippen LogP contribution in [-0.2, 0) is 11.2 Å². The van der Waals surface area contributed by atoms with E-state index in [9.17, 15) is 0 Å². The summed E-state index contributed by atoms with van der Waals surface area (Å²) in [6.07, 6.45) is 2.43. The molecule has 1 heterocycles. The first-order valence-electron chi connectivity index (χ1n) is 8.80. The van der Waals surface area contributed by atoms with Gasteiger partial charge < -0.3 is 4.74 Å². The van der Waals surface area contributed by atoms with Crippen LogP contribution in [0.5, 0.6) is 0 Å². The van der Waals surface area contributed by atoms with E-state index in [0.717, 1.165) is 19.8 Å². The molecule has 1 aromatic rings. The molecule has 0 bridgehead atoms. The van der Waals surface area contributed by atoms with Gasteiger partial charge in [-0.05, 0) is 39.2 Å². The molecule has 0 radical (unpaired) electrons. The molecule has 0 amide bonds. The number of benzene rings is 1. The van der Waals surface area contributed by atoms with Gasteiger partial charge in [0.05, 0.1) is 6.61 Å². The van der Waals surface area contributed by atoms with Gasteiger partial charge in [-0.3, -0.25) is 9.80 Å². The molecule has 0 saturated carbocycles. The minimum Gasteiger partial charge on any atom is -0.380 e. The molecule has 0 aliphatic carbocycles. The molecule has 2 unspecified atom stereocenters. The standard InChI is InChI=1S/C19H32N2O/c1-4-22-15-14-20-12-13-21(16-18(20)3)17(2)10-11-19-8-6-5-7-9-19/h5-9,17-18H,4,10-16H2,1-3H3. The Kier molecular flexibility index (Phi) is 7.37. The van der Waals surface area contributed by atoms with Crippen molar-refractivity contribution in [3.63, 3.8) is 0 Å². The lowest BCUT2D eigenvalue weighted by Gasteiger charge is -2.42. The maximum Gasteiger partial charge on any atom is 0.0593 e. The number of hydrogen-bond acceptors (Lipinski definition) is 3. The van der Waals surface area contributed by atoms with Crippen LogP contribution in [0.2, 0.25) is 0 Å². The molecule has 1 fully saturated rings. The summed E-state index contributed by atoms with van der Waals surface area (Å²) < 4.78 is 5.49. The van der Waals surface area contributed by atoms with Gasteiger partial charge in [0.1, 0.15) is 0 Å². The van der Waals surface area contributed by atoms with Gasteiger partial charge in [0.2, 0.25) is 0 Å². The summed E-state index contributed by atoms with van der Waals surface area (Å²) in [5, 5.41) is 0. The van der Waals surface area contributed by atoms with Crippen LogP contribution in [0.15, 0.2) is 30.3 Å². The van der Waals surface area contributed by atoms with E-state index in [-0.39, 0.29) is 0 Å². The third-order valence-corrected chi connectivity index (χ3v) is 4.84. The highest BCUT2D eigenvalue weighted by atomic mass is 16.5. The van der Waals surface area contributed by atoms with E-state index >= 15 is 0 Å². The highest BCUT2D eigenvalue weighted by Crippen LogP contribution is 2.15. The smallest absolute Gasteiger partial charge is 0.0593 e. The SMILES string of the molecule is CCOCCN1CCN(C(C)CCc2ccccc2)CC1C. The molecule has 124 valence electrons. The van der Waals surface area contributed by atoms with Crippen molar-refractivity contribution >= 4 is 0 Å². The summed E-state index contributed by atoms with van der Waals surface area (Å²) in [6.45, 7) is 13.1. The maximum atomic E-state index is 5.49. The minimum atomic E-state index is 0.633. The van der Waals surface area contributed by atoms with Gasteiger partial charge >= 0.3 is 0 Å². The Morgan fingerprint density at radius 2 is 2.00 bits per heavy atom. The van der Waals surface area contributed by atoms with Gasteiger partial charge in [0.15, 0.2) is 0 Å².